The van der Waals surface area contributed by atoms with E-state index in [-0.39, 0.29) is 47.3 Å². The van der Waals surface area contributed by atoms with Crippen molar-refractivity contribution < 1.29 is 27.5 Å². The third-order valence-electron chi connectivity index (χ3n) is 8.47. The minimum absolute atomic E-state index is 0.0342. The molecule has 1 aromatic rings. The van der Waals surface area contributed by atoms with Crippen molar-refractivity contribution in [1.82, 2.24) is 15.5 Å². The molecule has 0 aromatic heterocycles. The summed E-state index contributed by atoms with van der Waals surface area (Å²) in [4.78, 5) is 29.1. The second-order valence-corrected chi connectivity index (χ2v) is 10.7. The number of hydrogen-bond donors (Lipinski definition) is 2. The lowest BCUT2D eigenvalue weighted by molar-refractivity contribution is -0.274. The van der Waals surface area contributed by atoms with Gasteiger partial charge in [0.25, 0.3) is 0 Å². The second kappa shape index (κ2) is 10.1. The van der Waals surface area contributed by atoms with Crippen LogP contribution in [0, 0.1) is 29.1 Å². The van der Waals surface area contributed by atoms with Gasteiger partial charge in [0.15, 0.2) is 0 Å². The van der Waals surface area contributed by atoms with Crippen LogP contribution >= 0.6 is 0 Å². The first kappa shape index (κ1) is 25.1. The molecule has 1 saturated heterocycles. The van der Waals surface area contributed by atoms with Gasteiger partial charge in [-0.1, -0.05) is 24.3 Å². The van der Waals surface area contributed by atoms with Crippen molar-refractivity contribution in [2.24, 2.45) is 29.1 Å². The van der Waals surface area contributed by atoms with Crippen molar-refractivity contribution in [3.8, 4) is 5.75 Å². The molecule has 4 aliphatic rings. The Bertz CT molecular complexity index is 984. The van der Waals surface area contributed by atoms with Gasteiger partial charge in [-0.2, -0.15) is 0 Å². The molecule has 1 heterocycles. The van der Waals surface area contributed by atoms with Crippen LogP contribution in [0.15, 0.2) is 36.4 Å². The Hall–Kier alpha value is -2.55. The maximum Gasteiger partial charge on any atom is 0.573 e. The van der Waals surface area contributed by atoms with Crippen molar-refractivity contribution in [3.05, 3.63) is 42.0 Å². The summed E-state index contributed by atoms with van der Waals surface area (Å²) in [5.41, 5.74) is 0.716. The molecule has 5 rings (SSSR count). The van der Waals surface area contributed by atoms with Crippen molar-refractivity contribution in [1.29, 1.82) is 0 Å². The number of unbranched alkanes of at least 4 members (excludes halogenated alkanes) is 1. The molecule has 3 aliphatic carbocycles. The van der Waals surface area contributed by atoms with Crippen molar-refractivity contribution in [2.75, 3.05) is 26.2 Å². The van der Waals surface area contributed by atoms with Gasteiger partial charge in [0, 0.05) is 13.1 Å². The van der Waals surface area contributed by atoms with Gasteiger partial charge in [-0.3, -0.25) is 9.59 Å². The fraction of sp³-hybridized carbons (Fsp3) is 0.630. The molecule has 4 atom stereocenters. The highest BCUT2D eigenvalue weighted by atomic mass is 19.4. The number of carbonyl (C=O) groups excluding carboxylic acids is 2. The third kappa shape index (κ3) is 5.26. The minimum Gasteiger partial charge on any atom is -0.406 e. The molecule has 0 radical (unpaired) electrons. The Morgan fingerprint density at radius 1 is 0.944 bits per heavy atom. The lowest BCUT2D eigenvalue weighted by atomic mass is 9.81. The zero-order valence-electron chi connectivity index (χ0n) is 20.4. The molecule has 0 unspecified atom stereocenters. The summed E-state index contributed by atoms with van der Waals surface area (Å²) in [6, 6.07) is 5.45. The number of rotatable bonds is 10. The molecular formula is C27H34F3N3O3. The quantitative estimate of drug-likeness (QED) is 0.372. The number of likely N-dealkylation sites (tertiary alicyclic amines) is 1. The molecule has 196 valence electrons. The molecule has 3 fully saturated rings. The second-order valence-electron chi connectivity index (χ2n) is 10.7. The van der Waals surface area contributed by atoms with E-state index in [2.05, 4.69) is 32.4 Å². The SMILES string of the molecule is O=C(NCCCCN1CCCC1)[C@H]1[C@H](C(=O)NCc2ccc(OC(F)(F)F)cc2)[C@@H]2C=C[C@H]1C21CC1. The number of nitrogens with one attached hydrogen (secondary N) is 2. The maximum absolute atomic E-state index is 13.3. The van der Waals surface area contributed by atoms with Gasteiger partial charge < -0.3 is 20.3 Å². The first-order valence-electron chi connectivity index (χ1n) is 13.1. The monoisotopic (exact) mass is 505 g/mol. The Morgan fingerprint density at radius 2 is 1.56 bits per heavy atom. The average molecular weight is 506 g/mol. The van der Waals surface area contributed by atoms with Crippen LogP contribution < -0.4 is 15.4 Å². The summed E-state index contributed by atoms with van der Waals surface area (Å²) in [6.45, 7) is 4.23. The summed E-state index contributed by atoms with van der Waals surface area (Å²) in [7, 11) is 0. The summed E-state index contributed by atoms with van der Waals surface area (Å²) in [5.74, 6) is -1.12. The lowest BCUT2D eigenvalue weighted by Gasteiger charge is -2.26. The normalized spacial score (nSPS) is 28.0. The molecule has 6 nitrogen and oxygen atoms in total. The number of alkyl halides is 3. The van der Waals surface area contributed by atoms with E-state index >= 15 is 0 Å². The van der Waals surface area contributed by atoms with Crippen LogP contribution in [0.3, 0.4) is 0 Å². The standard InChI is InChI=1S/C27H34F3N3O3/c28-27(29,30)36-19-7-5-18(6-8-19)17-32-25(35)23-21-10-9-20(26(21)11-12-26)22(23)24(34)31-13-1-2-14-33-15-3-4-16-33/h5-10,20-23H,1-4,11-17H2,(H,31,34)(H,32,35)/t20-,21+,22-,23-/m1/s1. The van der Waals surface area contributed by atoms with E-state index in [9.17, 15) is 22.8 Å². The first-order valence-corrected chi connectivity index (χ1v) is 13.1. The fourth-order valence-corrected chi connectivity index (χ4v) is 6.62. The number of allylic oxidation sites excluding steroid dienone is 2. The highest BCUT2D eigenvalue weighted by Crippen LogP contribution is 2.72. The predicted octanol–water partition coefficient (Wildman–Crippen LogP) is 4.02. The molecule has 2 bridgehead atoms. The van der Waals surface area contributed by atoms with E-state index in [1.54, 1.807) is 0 Å². The van der Waals surface area contributed by atoms with Gasteiger partial charge >= 0.3 is 6.36 Å². The first-order chi connectivity index (χ1) is 17.3. The van der Waals surface area contributed by atoms with Crippen molar-refractivity contribution in [2.45, 2.75) is 51.4 Å². The highest BCUT2D eigenvalue weighted by Gasteiger charge is 2.69. The van der Waals surface area contributed by atoms with Crippen molar-refractivity contribution in [3.63, 3.8) is 0 Å². The van der Waals surface area contributed by atoms with Crippen LogP contribution in [-0.2, 0) is 16.1 Å². The Morgan fingerprint density at radius 3 is 2.14 bits per heavy atom. The molecule has 1 aliphatic heterocycles. The maximum atomic E-state index is 13.3. The van der Waals surface area contributed by atoms with Crippen molar-refractivity contribution >= 4 is 11.8 Å². The molecule has 36 heavy (non-hydrogen) atoms. The van der Waals surface area contributed by atoms with Crippen LogP contribution in [0.5, 0.6) is 5.75 Å². The summed E-state index contributed by atoms with van der Waals surface area (Å²) in [5, 5.41) is 6.04. The minimum atomic E-state index is -4.74. The molecule has 2 amide bonds. The largest absolute Gasteiger partial charge is 0.573 e. The number of halogens is 3. The summed E-state index contributed by atoms with van der Waals surface area (Å²) in [6.07, 6.45) is 6.12. The topological polar surface area (TPSA) is 70.7 Å². The van der Waals surface area contributed by atoms with E-state index in [1.165, 1.54) is 50.2 Å². The third-order valence-corrected chi connectivity index (χ3v) is 8.47. The highest BCUT2D eigenvalue weighted by molar-refractivity contribution is 5.90. The summed E-state index contributed by atoms with van der Waals surface area (Å²) < 4.78 is 41.0. The Balaban J connectivity index is 1.15. The number of benzene rings is 1. The fourth-order valence-electron chi connectivity index (χ4n) is 6.62. The molecular weight excluding hydrogens is 471 g/mol. The molecule has 2 saturated carbocycles. The molecule has 1 spiro atoms. The van der Waals surface area contributed by atoms with E-state index in [0.29, 0.717) is 12.1 Å². The predicted molar refractivity (Wildman–Crippen MR) is 128 cm³/mol. The van der Waals surface area contributed by atoms with Crippen LogP contribution in [0.2, 0.25) is 0 Å². The average Bonchev–Trinajstić information content (AvgIpc) is 3.19. The van der Waals surface area contributed by atoms with E-state index in [0.717, 1.165) is 32.2 Å². The Kier molecular flexibility index (Phi) is 7.03. The van der Waals surface area contributed by atoms with Crippen LogP contribution in [-0.4, -0.2) is 49.3 Å². The Labute approximate surface area is 209 Å². The number of ether oxygens (including phenoxy) is 1. The van der Waals surface area contributed by atoms with Gasteiger partial charge in [0.1, 0.15) is 5.75 Å². The zero-order valence-corrected chi connectivity index (χ0v) is 20.4. The van der Waals surface area contributed by atoms with Crippen LogP contribution in [0.25, 0.3) is 0 Å². The zero-order chi connectivity index (χ0) is 25.3. The number of nitrogens with zero attached hydrogens (tertiary/aromatic N) is 1. The van der Waals surface area contributed by atoms with E-state index in [4.69, 9.17) is 0 Å². The summed E-state index contributed by atoms with van der Waals surface area (Å²) >= 11 is 0. The van der Waals surface area contributed by atoms with E-state index in [1.807, 2.05) is 0 Å². The van der Waals surface area contributed by atoms with Crippen LogP contribution in [0.4, 0.5) is 13.2 Å². The van der Waals surface area contributed by atoms with Gasteiger partial charge in [-0.25, -0.2) is 0 Å². The van der Waals surface area contributed by atoms with Gasteiger partial charge in [-0.15, -0.1) is 13.2 Å². The molecule has 9 heteroatoms. The number of carbonyl (C=O) groups is 2. The lowest BCUT2D eigenvalue weighted by Crippen LogP contribution is -2.44. The van der Waals surface area contributed by atoms with Gasteiger partial charge in [0.2, 0.25) is 11.8 Å². The molecule has 1 aromatic carbocycles. The van der Waals surface area contributed by atoms with Gasteiger partial charge in [0.05, 0.1) is 11.8 Å². The molecule has 2 N–H and O–H groups in total. The number of hydrogen-bond acceptors (Lipinski definition) is 4. The van der Waals surface area contributed by atoms with E-state index < -0.39 is 12.3 Å². The smallest absolute Gasteiger partial charge is 0.406 e. The van der Waals surface area contributed by atoms with Gasteiger partial charge in [-0.05, 0) is 93.1 Å². The number of amides is 2. The van der Waals surface area contributed by atoms with Crippen LogP contribution in [0.1, 0.15) is 44.1 Å².